The van der Waals surface area contributed by atoms with Gasteiger partial charge in [0.2, 0.25) is 0 Å². The molecule has 0 saturated carbocycles. The van der Waals surface area contributed by atoms with Crippen LogP contribution >= 0.6 is 34.5 Å². The van der Waals surface area contributed by atoms with Gasteiger partial charge in [0.15, 0.2) is 5.78 Å². The van der Waals surface area contributed by atoms with Crippen molar-refractivity contribution >= 4 is 40.3 Å². The molecule has 0 radical (unpaired) electrons. The highest BCUT2D eigenvalue weighted by atomic mass is 35.5. The minimum atomic E-state index is 0.00691. The minimum absolute atomic E-state index is 0.00691. The summed E-state index contributed by atoms with van der Waals surface area (Å²) in [4.78, 5) is 12.7. The van der Waals surface area contributed by atoms with Gasteiger partial charge in [-0.15, -0.1) is 11.3 Å². The predicted octanol–water partition coefficient (Wildman–Crippen LogP) is 4.49. The number of hydrogen-bond donors (Lipinski definition) is 0. The van der Waals surface area contributed by atoms with Crippen LogP contribution in [0.25, 0.3) is 0 Å². The Morgan fingerprint density at radius 3 is 2.67 bits per heavy atom. The molecule has 1 aromatic carbocycles. The molecule has 2 rings (SSSR count). The lowest BCUT2D eigenvalue weighted by atomic mass is 10.1. The zero-order valence-electron chi connectivity index (χ0n) is 9.57. The maximum absolute atomic E-state index is 12.1. The summed E-state index contributed by atoms with van der Waals surface area (Å²) in [6, 6.07) is 8.68. The van der Waals surface area contributed by atoms with Crippen molar-refractivity contribution in [1.29, 1.82) is 0 Å². The van der Waals surface area contributed by atoms with Gasteiger partial charge in [-0.05, 0) is 30.3 Å². The standard InChI is InChI=1S/C13H10Cl2O2S/c1-17-11-3-2-9(14)6-8(11)7-10(16)12-4-5-13(15)18-12/h2-6H,7H2,1H3. The summed E-state index contributed by atoms with van der Waals surface area (Å²) in [5.41, 5.74) is 0.777. The molecule has 1 aromatic heterocycles. The zero-order valence-corrected chi connectivity index (χ0v) is 11.9. The van der Waals surface area contributed by atoms with Crippen molar-refractivity contribution in [2.45, 2.75) is 6.42 Å². The monoisotopic (exact) mass is 300 g/mol. The van der Waals surface area contributed by atoms with Gasteiger partial charge < -0.3 is 4.74 Å². The first kappa shape index (κ1) is 13.4. The SMILES string of the molecule is COc1ccc(Cl)cc1CC(=O)c1ccc(Cl)s1. The molecule has 5 heteroatoms. The Bertz CT molecular complexity index is 578. The first-order chi connectivity index (χ1) is 8.60. The summed E-state index contributed by atoms with van der Waals surface area (Å²) in [6.45, 7) is 0. The fourth-order valence-electron chi connectivity index (χ4n) is 1.61. The van der Waals surface area contributed by atoms with E-state index in [0.29, 0.717) is 20.0 Å². The average molecular weight is 301 g/mol. The number of carbonyl (C=O) groups is 1. The molecule has 0 unspecified atom stereocenters. The van der Waals surface area contributed by atoms with Crippen molar-refractivity contribution in [1.82, 2.24) is 0 Å². The van der Waals surface area contributed by atoms with Crippen LogP contribution in [0.2, 0.25) is 9.36 Å². The largest absolute Gasteiger partial charge is 0.496 e. The minimum Gasteiger partial charge on any atom is -0.496 e. The summed E-state index contributed by atoms with van der Waals surface area (Å²) >= 11 is 13.0. The maximum atomic E-state index is 12.1. The number of ether oxygens (including phenoxy) is 1. The zero-order chi connectivity index (χ0) is 13.1. The highest BCUT2D eigenvalue weighted by Crippen LogP contribution is 2.27. The van der Waals surface area contributed by atoms with Gasteiger partial charge in [0.05, 0.1) is 16.3 Å². The van der Waals surface area contributed by atoms with E-state index >= 15 is 0 Å². The van der Waals surface area contributed by atoms with E-state index in [1.54, 1.807) is 37.4 Å². The summed E-state index contributed by atoms with van der Waals surface area (Å²) in [7, 11) is 1.57. The fraction of sp³-hybridized carbons (Fsp3) is 0.154. The Morgan fingerprint density at radius 2 is 2.06 bits per heavy atom. The van der Waals surface area contributed by atoms with Crippen molar-refractivity contribution in [3.8, 4) is 5.75 Å². The molecular formula is C13H10Cl2O2S. The summed E-state index contributed by atoms with van der Waals surface area (Å²) in [6.07, 6.45) is 0.251. The molecule has 0 bridgehead atoms. The fourth-order valence-corrected chi connectivity index (χ4v) is 2.78. The topological polar surface area (TPSA) is 26.3 Å². The number of Topliss-reactive ketones (excluding diaryl/α,β-unsaturated/α-hetero) is 1. The van der Waals surface area contributed by atoms with E-state index in [4.69, 9.17) is 27.9 Å². The number of hydrogen-bond acceptors (Lipinski definition) is 3. The van der Waals surface area contributed by atoms with E-state index in [9.17, 15) is 4.79 Å². The van der Waals surface area contributed by atoms with Gasteiger partial charge in [0.1, 0.15) is 5.75 Å². The lowest BCUT2D eigenvalue weighted by Crippen LogP contribution is -2.03. The Morgan fingerprint density at radius 1 is 1.28 bits per heavy atom. The highest BCUT2D eigenvalue weighted by Gasteiger charge is 2.13. The van der Waals surface area contributed by atoms with E-state index < -0.39 is 0 Å². The molecule has 0 amide bonds. The number of halogens is 2. The molecule has 0 aliphatic rings. The van der Waals surface area contributed by atoms with Gasteiger partial charge in [-0.1, -0.05) is 23.2 Å². The molecule has 18 heavy (non-hydrogen) atoms. The number of ketones is 1. The van der Waals surface area contributed by atoms with Gasteiger partial charge >= 0.3 is 0 Å². The van der Waals surface area contributed by atoms with Gasteiger partial charge in [0, 0.05) is 17.0 Å². The molecule has 0 aliphatic carbocycles. The Balaban J connectivity index is 2.23. The molecule has 0 spiro atoms. The second-order valence-electron chi connectivity index (χ2n) is 3.66. The van der Waals surface area contributed by atoms with Crippen LogP contribution in [0.15, 0.2) is 30.3 Å². The van der Waals surface area contributed by atoms with E-state index in [2.05, 4.69) is 0 Å². The second-order valence-corrected chi connectivity index (χ2v) is 5.81. The van der Waals surface area contributed by atoms with Crippen LogP contribution in [0.5, 0.6) is 5.75 Å². The quantitative estimate of drug-likeness (QED) is 0.778. The Kier molecular flexibility index (Phi) is 4.27. The smallest absolute Gasteiger partial charge is 0.177 e. The molecule has 0 aliphatic heterocycles. The van der Waals surface area contributed by atoms with Crippen LogP contribution in [0.1, 0.15) is 15.2 Å². The van der Waals surface area contributed by atoms with Crippen molar-refractivity contribution in [3.63, 3.8) is 0 Å². The third-order valence-corrected chi connectivity index (χ3v) is 3.95. The highest BCUT2D eigenvalue weighted by molar-refractivity contribution is 7.18. The van der Waals surface area contributed by atoms with E-state index in [1.165, 1.54) is 11.3 Å². The van der Waals surface area contributed by atoms with Crippen LogP contribution in [0, 0.1) is 0 Å². The number of carbonyl (C=O) groups excluding carboxylic acids is 1. The number of rotatable bonds is 4. The molecule has 2 aromatic rings. The van der Waals surface area contributed by atoms with Gasteiger partial charge in [-0.3, -0.25) is 4.79 Å². The number of thiophene rings is 1. The van der Waals surface area contributed by atoms with Gasteiger partial charge in [-0.25, -0.2) is 0 Å². The third-order valence-electron chi connectivity index (χ3n) is 2.44. The first-order valence-electron chi connectivity index (χ1n) is 5.21. The van der Waals surface area contributed by atoms with E-state index in [0.717, 1.165) is 5.56 Å². The van der Waals surface area contributed by atoms with Crippen LogP contribution in [0.3, 0.4) is 0 Å². The molecule has 94 valence electrons. The molecule has 2 nitrogen and oxygen atoms in total. The number of benzene rings is 1. The van der Waals surface area contributed by atoms with Crippen molar-refractivity contribution in [3.05, 3.63) is 50.1 Å². The second kappa shape index (κ2) is 5.74. The molecule has 0 atom stereocenters. The van der Waals surface area contributed by atoms with Crippen LogP contribution in [0.4, 0.5) is 0 Å². The van der Waals surface area contributed by atoms with Crippen molar-refractivity contribution < 1.29 is 9.53 Å². The van der Waals surface area contributed by atoms with Gasteiger partial charge in [0.25, 0.3) is 0 Å². The van der Waals surface area contributed by atoms with E-state index in [-0.39, 0.29) is 12.2 Å². The Hall–Kier alpha value is -1.03. The Labute approximate surface area is 119 Å². The van der Waals surface area contributed by atoms with E-state index in [1.807, 2.05) is 0 Å². The van der Waals surface area contributed by atoms with Gasteiger partial charge in [-0.2, -0.15) is 0 Å². The summed E-state index contributed by atoms with van der Waals surface area (Å²) in [5, 5.41) is 0.586. The molecule has 0 fully saturated rings. The average Bonchev–Trinajstić information content (AvgIpc) is 2.76. The summed E-state index contributed by atoms with van der Waals surface area (Å²) in [5.74, 6) is 0.669. The third kappa shape index (κ3) is 3.05. The predicted molar refractivity (Wildman–Crippen MR) is 75.4 cm³/mol. The van der Waals surface area contributed by atoms with Crippen LogP contribution < -0.4 is 4.74 Å². The molecule has 0 saturated heterocycles. The maximum Gasteiger partial charge on any atom is 0.177 e. The van der Waals surface area contributed by atoms with Crippen molar-refractivity contribution in [2.75, 3.05) is 7.11 Å². The number of methoxy groups -OCH3 is 1. The molecule has 1 heterocycles. The van der Waals surface area contributed by atoms with Crippen LogP contribution in [-0.4, -0.2) is 12.9 Å². The molecular weight excluding hydrogens is 291 g/mol. The lowest BCUT2D eigenvalue weighted by molar-refractivity contribution is 0.0996. The lowest BCUT2D eigenvalue weighted by Gasteiger charge is -2.07. The normalized spacial score (nSPS) is 10.4. The van der Waals surface area contributed by atoms with Crippen molar-refractivity contribution in [2.24, 2.45) is 0 Å². The van der Waals surface area contributed by atoms with Crippen LogP contribution in [-0.2, 0) is 6.42 Å². The first-order valence-corrected chi connectivity index (χ1v) is 6.78. The molecule has 0 N–H and O–H groups in total. The summed E-state index contributed by atoms with van der Waals surface area (Å²) < 4.78 is 5.82.